The Labute approximate surface area is 138 Å². The number of carboxylic acids is 1. The molecule has 2 aromatic rings. The maximum absolute atomic E-state index is 12.5. The van der Waals surface area contributed by atoms with E-state index >= 15 is 0 Å². The molecule has 0 spiro atoms. The Hall–Kier alpha value is -2.83. The fraction of sp³-hybridized carbons (Fsp3) is 0.353. The van der Waals surface area contributed by atoms with E-state index in [1.54, 1.807) is 38.4 Å². The van der Waals surface area contributed by atoms with Crippen LogP contribution in [0.5, 0.6) is 0 Å². The zero-order chi connectivity index (χ0) is 17.4. The van der Waals surface area contributed by atoms with Gasteiger partial charge in [0.05, 0.1) is 22.9 Å². The lowest BCUT2D eigenvalue weighted by atomic mass is 9.82. The van der Waals surface area contributed by atoms with E-state index in [-0.39, 0.29) is 11.6 Å². The standard InChI is InChI=1S/C17H19N3O4/c1-19-13-8-7-10(9-14(13)20(2)17(19)24)18-15(21)11-5-3-4-6-12(11)16(22)23/h3-4,7-9,11-12H,5-6H2,1-2H3,(H,18,21)(H,22,23)/t11-,12+/m1/s1. The summed E-state index contributed by atoms with van der Waals surface area (Å²) in [5.74, 6) is -2.57. The molecular formula is C17H19N3O4. The second kappa shape index (κ2) is 5.99. The van der Waals surface area contributed by atoms with E-state index in [1.807, 2.05) is 6.08 Å². The predicted molar refractivity (Wildman–Crippen MR) is 89.8 cm³/mol. The summed E-state index contributed by atoms with van der Waals surface area (Å²) < 4.78 is 3.04. The van der Waals surface area contributed by atoms with Gasteiger partial charge in [0.2, 0.25) is 5.91 Å². The van der Waals surface area contributed by atoms with E-state index in [0.29, 0.717) is 24.0 Å². The summed E-state index contributed by atoms with van der Waals surface area (Å²) >= 11 is 0. The minimum atomic E-state index is -0.958. The molecule has 7 nitrogen and oxygen atoms in total. The lowest BCUT2D eigenvalue weighted by molar-refractivity contribution is -0.146. The van der Waals surface area contributed by atoms with Gasteiger partial charge in [-0.1, -0.05) is 12.2 Å². The molecule has 3 rings (SSSR count). The van der Waals surface area contributed by atoms with Crippen LogP contribution < -0.4 is 11.0 Å². The van der Waals surface area contributed by atoms with Crippen LogP contribution in [0.2, 0.25) is 0 Å². The quantitative estimate of drug-likeness (QED) is 0.834. The van der Waals surface area contributed by atoms with Crippen molar-refractivity contribution in [2.45, 2.75) is 12.8 Å². The van der Waals surface area contributed by atoms with Crippen molar-refractivity contribution in [3.8, 4) is 0 Å². The van der Waals surface area contributed by atoms with E-state index in [4.69, 9.17) is 0 Å². The number of aromatic nitrogens is 2. The molecule has 126 valence electrons. The summed E-state index contributed by atoms with van der Waals surface area (Å²) in [4.78, 5) is 35.8. The van der Waals surface area contributed by atoms with Gasteiger partial charge in [0, 0.05) is 19.8 Å². The number of aryl methyl sites for hydroxylation is 2. The number of carboxylic acid groups (broad SMARTS) is 1. The van der Waals surface area contributed by atoms with E-state index in [9.17, 15) is 19.5 Å². The average Bonchev–Trinajstić information content (AvgIpc) is 2.79. The molecule has 0 saturated carbocycles. The Balaban J connectivity index is 1.88. The lowest BCUT2D eigenvalue weighted by Crippen LogP contribution is -2.34. The van der Waals surface area contributed by atoms with Crippen LogP contribution in [0.25, 0.3) is 11.0 Å². The number of rotatable bonds is 3. The molecule has 1 amide bonds. The molecule has 1 aliphatic rings. The second-order valence-corrected chi connectivity index (χ2v) is 6.09. The van der Waals surface area contributed by atoms with Gasteiger partial charge in [-0.2, -0.15) is 0 Å². The highest BCUT2D eigenvalue weighted by atomic mass is 16.4. The van der Waals surface area contributed by atoms with Gasteiger partial charge in [0.15, 0.2) is 0 Å². The van der Waals surface area contributed by atoms with Crippen molar-refractivity contribution in [1.82, 2.24) is 9.13 Å². The highest BCUT2D eigenvalue weighted by molar-refractivity contribution is 5.97. The minimum absolute atomic E-state index is 0.142. The number of nitrogens with one attached hydrogen (secondary N) is 1. The van der Waals surface area contributed by atoms with Crippen molar-refractivity contribution in [2.24, 2.45) is 25.9 Å². The molecule has 7 heteroatoms. The summed E-state index contributed by atoms with van der Waals surface area (Å²) in [6.45, 7) is 0. The number of carbonyl (C=O) groups excluding carboxylic acids is 1. The van der Waals surface area contributed by atoms with Crippen molar-refractivity contribution >= 4 is 28.6 Å². The topological polar surface area (TPSA) is 93.3 Å². The fourth-order valence-electron chi connectivity index (χ4n) is 3.20. The average molecular weight is 329 g/mol. The molecule has 1 aromatic heterocycles. The van der Waals surface area contributed by atoms with Crippen LogP contribution in [0.4, 0.5) is 5.69 Å². The number of imidazole rings is 1. The predicted octanol–water partition coefficient (Wildman–Crippen LogP) is 1.48. The first-order valence-electron chi connectivity index (χ1n) is 7.74. The number of nitrogens with zero attached hydrogens (tertiary/aromatic N) is 2. The summed E-state index contributed by atoms with van der Waals surface area (Å²) in [6.07, 6.45) is 4.41. The SMILES string of the molecule is Cn1c(=O)n(C)c2cc(NC(=O)[C@@H]3CC=CC[C@@H]3C(=O)O)ccc21. The van der Waals surface area contributed by atoms with Crippen LogP contribution in [-0.4, -0.2) is 26.1 Å². The van der Waals surface area contributed by atoms with Gasteiger partial charge in [0.25, 0.3) is 0 Å². The number of allylic oxidation sites excluding steroid dienone is 2. The number of benzene rings is 1. The minimum Gasteiger partial charge on any atom is -0.481 e. The van der Waals surface area contributed by atoms with E-state index in [0.717, 1.165) is 5.52 Å². The molecule has 0 aliphatic heterocycles. The Bertz CT molecular complexity index is 906. The monoisotopic (exact) mass is 329 g/mol. The lowest BCUT2D eigenvalue weighted by Gasteiger charge is -2.24. The highest BCUT2D eigenvalue weighted by Crippen LogP contribution is 2.27. The van der Waals surface area contributed by atoms with E-state index in [1.165, 1.54) is 9.13 Å². The van der Waals surface area contributed by atoms with Crippen LogP contribution in [0.1, 0.15) is 12.8 Å². The number of carbonyl (C=O) groups is 2. The Kier molecular flexibility index (Phi) is 4.01. The Morgan fingerprint density at radius 1 is 1.08 bits per heavy atom. The van der Waals surface area contributed by atoms with Gasteiger partial charge in [-0.15, -0.1) is 0 Å². The van der Waals surface area contributed by atoms with E-state index in [2.05, 4.69) is 5.32 Å². The molecule has 1 heterocycles. The third kappa shape index (κ3) is 2.62. The summed E-state index contributed by atoms with van der Waals surface area (Å²) in [6, 6.07) is 5.21. The van der Waals surface area contributed by atoms with Gasteiger partial charge in [-0.3, -0.25) is 18.7 Å². The molecule has 24 heavy (non-hydrogen) atoms. The van der Waals surface area contributed by atoms with E-state index < -0.39 is 17.8 Å². The third-order valence-corrected chi connectivity index (χ3v) is 4.63. The fourth-order valence-corrected chi connectivity index (χ4v) is 3.20. The van der Waals surface area contributed by atoms with Gasteiger partial charge >= 0.3 is 11.7 Å². The van der Waals surface area contributed by atoms with Crippen molar-refractivity contribution < 1.29 is 14.7 Å². The van der Waals surface area contributed by atoms with Gasteiger partial charge in [-0.05, 0) is 31.0 Å². The normalized spacial score (nSPS) is 20.2. The zero-order valence-electron chi connectivity index (χ0n) is 13.5. The zero-order valence-corrected chi connectivity index (χ0v) is 13.5. The molecule has 0 fully saturated rings. The molecule has 2 N–H and O–H groups in total. The largest absolute Gasteiger partial charge is 0.481 e. The van der Waals surface area contributed by atoms with Crippen LogP contribution in [0, 0.1) is 11.8 Å². The maximum Gasteiger partial charge on any atom is 0.328 e. The highest BCUT2D eigenvalue weighted by Gasteiger charge is 2.33. The third-order valence-electron chi connectivity index (χ3n) is 4.63. The molecule has 0 bridgehead atoms. The maximum atomic E-state index is 12.5. The first-order valence-corrected chi connectivity index (χ1v) is 7.74. The van der Waals surface area contributed by atoms with Crippen LogP contribution in [0.3, 0.4) is 0 Å². The smallest absolute Gasteiger partial charge is 0.328 e. The molecule has 0 saturated heterocycles. The van der Waals surface area contributed by atoms with Gasteiger partial charge in [0.1, 0.15) is 0 Å². The summed E-state index contributed by atoms with van der Waals surface area (Å²) in [5.41, 5.74) is 1.88. The Morgan fingerprint density at radius 3 is 2.38 bits per heavy atom. The number of hydrogen-bond donors (Lipinski definition) is 2. The second-order valence-electron chi connectivity index (χ2n) is 6.09. The van der Waals surface area contributed by atoms with Crippen LogP contribution in [0.15, 0.2) is 35.1 Å². The number of fused-ring (bicyclic) bond motifs is 1. The molecule has 0 radical (unpaired) electrons. The van der Waals surface area contributed by atoms with Crippen molar-refractivity contribution in [3.63, 3.8) is 0 Å². The molecule has 2 atom stereocenters. The first-order chi connectivity index (χ1) is 11.4. The number of hydrogen-bond acceptors (Lipinski definition) is 3. The first kappa shape index (κ1) is 16.0. The van der Waals surface area contributed by atoms with Crippen molar-refractivity contribution in [3.05, 3.63) is 40.8 Å². The number of anilines is 1. The molecule has 0 unspecified atom stereocenters. The van der Waals surface area contributed by atoms with Gasteiger partial charge < -0.3 is 10.4 Å². The van der Waals surface area contributed by atoms with Crippen LogP contribution in [-0.2, 0) is 23.7 Å². The molecule has 1 aliphatic carbocycles. The number of amides is 1. The Morgan fingerprint density at radius 2 is 1.71 bits per heavy atom. The molecular weight excluding hydrogens is 310 g/mol. The van der Waals surface area contributed by atoms with Crippen molar-refractivity contribution in [1.29, 1.82) is 0 Å². The van der Waals surface area contributed by atoms with Crippen molar-refractivity contribution in [2.75, 3.05) is 5.32 Å². The summed E-state index contributed by atoms with van der Waals surface area (Å²) in [5, 5.41) is 12.1. The van der Waals surface area contributed by atoms with Crippen LogP contribution >= 0.6 is 0 Å². The number of aliphatic carboxylic acids is 1. The molecule has 1 aromatic carbocycles. The van der Waals surface area contributed by atoms with Gasteiger partial charge in [-0.25, -0.2) is 4.79 Å². The summed E-state index contributed by atoms with van der Waals surface area (Å²) in [7, 11) is 3.36.